The van der Waals surface area contributed by atoms with Crippen LogP contribution < -0.4 is 9.47 Å². The van der Waals surface area contributed by atoms with Crippen molar-refractivity contribution in [2.24, 2.45) is 0 Å². The summed E-state index contributed by atoms with van der Waals surface area (Å²) in [5, 5.41) is 0. The first-order chi connectivity index (χ1) is 14.5. The largest absolute Gasteiger partial charge is 0.488 e. The third-order valence-corrected chi connectivity index (χ3v) is 5.61. The number of ketones is 1. The Morgan fingerprint density at radius 1 is 0.967 bits per heavy atom. The Balaban J connectivity index is 1.56. The molecule has 3 heteroatoms. The smallest absolute Gasteiger partial charge is 0.231 e. The number of hydrogen-bond donors (Lipinski definition) is 0. The molecule has 0 unspecified atom stereocenters. The Bertz CT molecular complexity index is 1140. The maximum Gasteiger partial charge on any atom is 0.231 e. The van der Waals surface area contributed by atoms with Crippen LogP contribution in [-0.4, -0.2) is 5.78 Å². The fourth-order valence-electron chi connectivity index (χ4n) is 3.64. The molecule has 3 aromatic rings. The second-order valence-corrected chi connectivity index (χ2v) is 7.82. The van der Waals surface area contributed by atoms with Crippen LogP contribution in [0.4, 0.5) is 0 Å². The summed E-state index contributed by atoms with van der Waals surface area (Å²) >= 11 is 0. The number of rotatable bonds is 5. The number of carbonyl (C=O) groups is 1. The van der Waals surface area contributed by atoms with E-state index in [0.717, 1.165) is 28.9 Å². The van der Waals surface area contributed by atoms with Crippen molar-refractivity contribution in [1.29, 1.82) is 0 Å². The monoisotopic (exact) mass is 398 g/mol. The summed E-state index contributed by atoms with van der Waals surface area (Å²) in [5.41, 5.74) is 7.21. The van der Waals surface area contributed by atoms with E-state index in [1.165, 1.54) is 16.7 Å². The van der Waals surface area contributed by atoms with Gasteiger partial charge in [0.05, 0.1) is 5.56 Å². The van der Waals surface area contributed by atoms with Gasteiger partial charge in [-0.2, -0.15) is 0 Å². The highest BCUT2D eigenvalue weighted by Gasteiger charge is 2.30. The minimum absolute atomic E-state index is 0.0891. The SMILES string of the molecule is CCc1ccc(/C=C2\Oc3c(ccc(OCc4cc(C)ccc4C)c3C)C2=O)cc1. The highest BCUT2D eigenvalue weighted by molar-refractivity contribution is 6.14. The second-order valence-electron chi connectivity index (χ2n) is 7.82. The second kappa shape index (κ2) is 8.19. The van der Waals surface area contributed by atoms with E-state index in [9.17, 15) is 4.79 Å². The molecule has 3 aromatic carbocycles. The van der Waals surface area contributed by atoms with Gasteiger partial charge in [0.25, 0.3) is 0 Å². The van der Waals surface area contributed by atoms with Crippen LogP contribution in [-0.2, 0) is 13.0 Å². The molecule has 1 aliphatic rings. The Morgan fingerprint density at radius 2 is 1.73 bits per heavy atom. The van der Waals surface area contributed by atoms with Crippen LogP contribution in [0.2, 0.25) is 0 Å². The van der Waals surface area contributed by atoms with Crippen LogP contribution in [0.25, 0.3) is 6.08 Å². The van der Waals surface area contributed by atoms with E-state index in [1.807, 2.05) is 25.1 Å². The van der Waals surface area contributed by atoms with E-state index in [-0.39, 0.29) is 5.78 Å². The van der Waals surface area contributed by atoms with E-state index in [4.69, 9.17) is 9.47 Å². The fraction of sp³-hybridized carbons (Fsp3) is 0.222. The number of fused-ring (bicyclic) bond motifs is 1. The van der Waals surface area contributed by atoms with Crippen molar-refractivity contribution in [3.8, 4) is 11.5 Å². The number of ether oxygens (including phenoxy) is 2. The Morgan fingerprint density at radius 3 is 2.47 bits per heavy atom. The molecular formula is C27H26O3. The average molecular weight is 399 g/mol. The summed E-state index contributed by atoms with van der Waals surface area (Å²) in [5.74, 6) is 1.59. The van der Waals surface area contributed by atoms with Crippen LogP contribution in [0, 0.1) is 20.8 Å². The number of hydrogen-bond acceptors (Lipinski definition) is 3. The lowest BCUT2D eigenvalue weighted by Gasteiger charge is -2.13. The summed E-state index contributed by atoms with van der Waals surface area (Å²) in [4.78, 5) is 12.8. The van der Waals surface area contributed by atoms with Crippen LogP contribution in [0.5, 0.6) is 11.5 Å². The minimum atomic E-state index is -0.0891. The quantitative estimate of drug-likeness (QED) is 0.469. The molecule has 0 bridgehead atoms. The van der Waals surface area contributed by atoms with Crippen molar-refractivity contribution < 1.29 is 14.3 Å². The van der Waals surface area contributed by atoms with Gasteiger partial charge in [-0.1, -0.05) is 55.0 Å². The maximum atomic E-state index is 12.8. The lowest BCUT2D eigenvalue weighted by Crippen LogP contribution is -2.00. The standard InChI is InChI=1S/C27H26O3/c1-5-20-8-10-21(11-9-20)15-25-26(28)23-12-13-24(19(4)27(23)30-25)29-16-22-14-17(2)6-7-18(22)3/h6-15H,5,16H2,1-4H3/b25-15-. The number of Topliss-reactive ketones (excluding diaryl/α,β-unsaturated/α-hetero) is 1. The highest BCUT2D eigenvalue weighted by Crippen LogP contribution is 2.39. The first kappa shape index (κ1) is 20.0. The molecule has 4 rings (SSSR count). The van der Waals surface area contributed by atoms with E-state index in [2.05, 4.69) is 51.1 Å². The zero-order chi connectivity index (χ0) is 21.3. The van der Waals surface area contributed by atoms with Crippen LogP contribution in [0.1, 0.15) is 50.7 Å². The van der Waals surface area contributed by atoms with Crippen molar-refractivity contribution >= 4 is 11.9 Å². The van der Waals surface area contributed by atoms with Gasteiger partial charge in [-0.15, -0.1) is 0 Å². The van der Waals surface area contributed by atoms with Gasteiger partial charge in [0.1, 0.15) is 18.1 Å². The molecule has 0 saturated carbocycles. The zero-order valence-corrected chi connectivity index (χ0v) is 17.9. The molecule has 0 atom stereocenters. The molecule has 30 heavy (non-hydrogen) atoms. The van der Waals surface area contributed by atoms with Gasteiger partial charge in [0, 0.05) is 5.56 Å². The summed E-state index contributed by atoms with van der Waals surface area (Å²) in [7, 11) is 0. The van der Waals surface area contributed by atoms with E-state index >= 15 is 0 Å². The zero-order valence-electron chi connectivity index (χ0n) is 17.9. The molecule has 0 radical (unpaired) electrons. The Hall–Kier alpha value is -3.33. The van der Waals surface area contributed by atoms with Crippen molar-refractivity contribution in [2.45, 2.75) is 40.7 Å². The van der Waals surface area contributed by atoms with Crippen LogP contribution in [0.3, 0.4) is 0 Å². The lowest BCUT2D eigenvalue weighted by molar-refractivity contribution is 0.101. The first-order valence-electron chi connectivity index (χ1n) is 10.3. The third-order valence-electron chi connectivity index (χ3n) is 5.61. The predicted molar refractivity (Wildman–Crippen MR) is 120 cm³/mol. The average Bonchev–Trinajstić information content (AvgIpc) is 3.07. The van der Waals surface area contributed by atoms with Crippen molar-refractivity contribution in [3.05, 3.63) is 99.3 Å². The summed E-state index contributed by atoms with van der Waals surface area (Å²) in [6.45, 7) is 8.69. The lowest BCUT2D eigenvalue weighted by atomic mass is 10.0. The van der Waals surface area contributed by atoms with Crippen LogP contribution in [0.15, 0.2) is 60.4 Å². The van der Waals surface area contributed by atoms with Gasteiger partial charge in [0.2, 0.25) is 5.78 Å². The van der Waals surface area contributed by atoms with Crippen molar-refractivity contribution in [3.63, 3.8) is 0 Å². The molecular weight excluding hydrogens is 372 g/mol. The molecule has 1 heterocycles. The van der Waals surface area contributed by atoms with Gasteiger partial charge in [-0.25, -0.2) is 0 Å². The predicted octanol–water partition coefficient (Wildman–Crippen LogP) is 6.37. The summed E-state index contributed by atoms with van der Waals surface area (Å²) in [6, 6.07) is 18.2. The molecule has 0 fully saturated rings. The highest BCUT2D eigenvalue weighted by atomic mass is 16.5. The Kier molecular flexibility index (Phi) is 5.45. The normalized spacial score (nSPS) is 14.0. The molecule has 0 aliphatic carbocycles. The van der Waals surface area contributed by atoms with Gasteiger partial charge in [0.15, 0.2) is 5.76 Å². The topological polar surface area (TPSA) is 35.5 Å². The fourth-order valence-corrected chi connectivity index (χ4v) is 3.64. The van der Waals surface area contributed by atoms with Gasteiger partial charge in [-0.3, -0.25) is 4.79 Å². The van der Waals surface area contributed by atoms with Crippen molar-refractivity contribution in [1.82, 2.24) is 0 Å². The number of benzene rings is 3. The van der Waals surface area contributed by atoms with E-state index in [0.29, 0.717) is 23.7 Å². The molecule has 0 amide bonds. The molecule has 0 N–H and O–H groups in total. The molecule has 0 aromatic heterocycles. The molecule has 1 aliphatic heterocycles. The first-order valence-corrected chi connectivity index (χ1v) is 10.3. The molecule has 0 spiro atoms. The maximum absolute atomic E-state index is 12.8. The summed E-state index contributed by atoms with van der Waals surface area (Å²) in [6.07, 6.45) is 2.79. The molecule has 152 valence electrons. The van der Waals surface area contributed by atoms with Gasteiger partial charge >= 0.3 is 0 Å². The van der Waals surface area contributed by atoms with Crippen molar-refractivity contribution in [2.75, 3.05) is 0 Å². The van der Waals surface area contributed by atoms with E-state index in [1.54, 1.807) is 12.1 Å². The summed E-state index contributed by atoms with van der Waals surface area (Å²) < 4.78 is 12.1. The number of allylic oxidation sites excluding steroid dienone is 1. The minimum Gasteiger partial charge on any atom is -0.488 e. The Labute approximate surface area is 178 Å². The number of aryl methyl sites for hydroxylation is 3. The van der Waals surface area contributed by atoms with Gasteiger partial charge < -0.3 is 9.47 Å². The van der Waals surface area contributed by atoms with Crippen LogP contribution >= 0.6 is 0 Å². The number of carbonyl (C=O) groups excluding carboxylic acids is 1. The van der Waals surface area contributed by atoms with E-state index < -0.39 is 0 Å². The third kappa shape index (κ3) is 3.88. The molecule has 3 nitrogen and oxygen atoms in total. The molecule has 0 saturated heterocycles. The van der Waals surface area contributed by atoms with Gasteiger partial charge in [-0.05, 0) is 67.7 Å².